The Kier molecular flexibility index (Phi) is 51.0. The van der Waals surface area contributed by atoms with Gasteiger partial charge in [0.05, 0.1) is 0 Å². The van der Waals surface area contributed by atoms with Crippen molar-refractivity contribution in [3.63, 3.8) is 0 Å². The molecule has 0 aliphatic rings. The Morgan fingerprint density at radius 1 is 1.20 bits per heavy atom. The fourth-order valence-corrected chi connectivity index (χ4v) is 0. The molecule has 0 nitrogen and oxygen atoms in total. The first kappa shape index (κ1) is 15.7. The van der Waals surface area contributed by atoms with Gasteiger partial charge in [-0.05, 0) is 0 Å². The SMILES string of the molecule is P.[Ni].[P]#[Ni]#[P]. The monoisotopic (exact) mass is 212 g/mol. The Bertz CT molecular complexity index is 78.0. The molecule has 5 heteroatoms. The zero-order chi connectivity index (χ0) is 2.71. The normalized spacial score (nSPS) is 2.80. The van der Waals surface area contributed by atoms with E-state index < -0.39 is 0 Å². The average molecular weight is 213 g/mol. The van der Waals surface area contributed by atoms with Crippen LogP contribution in [0.2, 0.25) is 0 Å². The maximum atomic E-state index is 3.59. The van der Waals surface area contributed by atoms with Crippen LogP contribution in [0.25, 0.3) is 0 Å². The van der Waals surface area contributed by atoms with Gasteiger partial charge in [-0.2, -0.15) is 9.90 Å². The third kappa shape index (κ3) is 22.1. The first-order valence-corrected chi connectivity index (χ1v) is 3.50. The summed E-state index contributed by atoms with van der Waals surface area (Å²) >= 11 is 1.01. The van der Waals surface area contributed by atoms with Gasteiger partial charge < -0.3 is 0 Å². The van der Waals surface area contributed by atoms with Gasteiger partial charge in [-0.1, -0.05) is 0 Å². The Morgan fingerprint density at radius 2 is 1.20 bits per heavy atom. The third-order valence-corrected chi connectivity index (χ3v) is 0. The standard InChI is InChI=1S/2Ni.H3P.2P/h;;1H3;;. The van der Waals surface area contributed by atoms with Crippen molar-refractivity contribution in [1.29, 1.82) is 0 Å². The van der Waals surface area contributed by atoms with Gasteiger partial charge in [0.1, 0.15) is 0 Å². The van der Waals surface area contributed by atoms with Gasteiger partial charge >= 0.3 is 26.9 Å². The van der Waals surface area contributed by atoms with Crippen molar-refractivity contribution < 1.29 is 28.7 Å². The minimum atomic E-state index is 0. The summed E-state index contributed by atoms with van der Waals surface area (Å²) in [5, 5.41) is 0. The second-order valence-electron chi connectivity index (χ2n) is 0.0632. The van der Waals surface area contributed by atoms with E-state index >= 15 is 0 Å². The quantitative estimate of drug-likeness (QED) is 0.425. The van der Waals surface area contributed by atoms with Crippen LogP contribution < -0.4 is 0 Å². The van der Waals surface area contributed by atoms with Crippen molar-refractivity contribution in [2.75, 3.05) is 0 Å². The topological polar surface area (TPSA) is 0 Å². The Labute approximate surface area is 53.4 Å². The van der Waals surface area contributed by atoms with Crippen molar-refractivity contribution in [3.8, 4) is 0 Å². The molecule has 0 saturated heterocycles. The Morgan fingerprint density at radius 3 is 1.20 bits per heavy atom. The third-order valence-electron chi connectivity index (χ3n) is 0. The van der Waals surface area contributed by atoms with Gasteiger partial charge in [0.15, 0.2) is 0 Å². The molecule has 1 unspecified atom stereocenters. The Hall–Kier alpha value is 2.28. The molecule has 0 fully saturated rings. The van der Waals surface area contributed by atoms with Gasteiger partial charge in [0.2, 0.25) is 0 Å². The van der Waals surface area contributed by atoms with Crippen LogP contribution in [0.4, 0.5) is 0 Å². The van der Waals surface area contributed by atoms with Crippen molar-refractivity contribution in [1.82, 2.24) is 0 Å². The van der Waals surface area contributed by atoms with Crippen molar-refractivity contribution in [2.24, 2.45) is 0 Å². The molecule has 0 radical (unpaired) electrons. The molecule has 0 N–H and O–H groups in total. The van der Waals surface area contributed by atoms with Crippen molar-refractivity contribution >= 4 is 24.6 Å². The summed E-state index contributed by atoms with van der Waals surface area (Å²) in [6, 6.07) is 0. The predicted octanol–water partition coefficient (Wildman–Crippen LogP) is 1.78. The molecular weight excluding hydrogens is 210 g/mol. The number of rotatable bonds is 0. The van der Waals surface area contributed by atoms with Crippen LogP contribution in [0.1, 0.15) is 0 Å². The second-order valence-corrected chi connectivity index (χ2v) is 2.35. The van der Waals surface area contributed by atoms with Crippen LogP contribution in [-0.2, 0) is 28.7 Å². The van der Waals surface area contributed by atoms with Gasteiger partial charge in [-0.3, -0.25) is 0 Å². The van der Waals surface area contributed by atoms with Crippen LogP contribution >= 0.6 is 24.6 Å². The molecule has 38 valence electrons. The van der Waals surface area contributed by atoms with E-state index in [0.717, 1.165) is 12.2 Å². The Balaban J connectivity index is -0.0000000200. The summed E-state index contributed by atoms with van der Waals surface area (Å²) in [6.45, 7) is 0. The summed E-state index contributed by atoms with van der Waals surface area (Å²) in [4.78, 5) is 0. The molecule has 5 heavy (non-hydrogen) atoms. The zero-order valence-electron chi connectivity index (χ0n) is 2.23. The molecule has 0 aliphatic heterocycles. The molecule has 0 aliphatic carbocycles. The second kappa shape index (κ2) is 16.3. The number of hydrogen-bond donors (Lipinski definition) is 0. The first-order valence-electron chi connectivity index (χ1n) is 0.283. The summed E-state index contributed by atoms with van der Waals surface area (Å²) in [5.74, 6) is 0. The molecule has 0 spiro atoms. The van der Waals surface area contributed by atoms with E-state index in [2.05, 4.69) is 14.7 Å². The van der Waals surface area contributed by atoms with E-state index in [-0.39, 0.29) is 26.4 Å². The van der Waals surface area contributed by atoms with Gasteiger partial charge in [-0.25, -0.2) is 0 Å². The first-order chi connectivity index (χ1) is 1.41. The fourth-order valence-electron chi connectivity index (χ4n) is 0. The van der Waals surface area contributed by atoms with Crippen LogP contribution in [-0.4, -0.2) is 0 Å². The molecular formula is H3Ni2P3. The minimum absolute atomic E-state index is 0. The summed E-state index contributed by atoms with van der Waals surface area (Å²) in [6.07, 6.45) is 0. The molecule has 0 saturated carbocycles. The molecule has 0 rings (SSSR count). The van der Waals surface area contributed by atoms with Crippen LogP contribution in [0, 0.1) is 0 Å². The molecule has 0 aromatic carbocycles. The summed E-state index contributed by atoms with van der Waals surface area (Å²) in [5.41, 5.74) is 0. The molecule has 0 heterocycles. The van der Waals surface area contributed by atoms with Gasteiger partial charge in [-0.15, -0.1) is 0 Å². The van der Waals surface area contributed by atoms with Crippen LogP contribution in [0.3, 0.4) is 0 Å². The van der Waals surface area contributed by atoms with E-state index in [1.165, 1.54) is 0 Å². The van der Waals surface area contributed by atoms with E-state index in [1.54, 1.807) is 0 Å². The van der Waals surface area contributed by atoms with E-state index in [9.17, 15) is 0 Å². The maximum absolute atomic E-state index is 3.59. The van der Waals surface area contributed by atoms with Crippen molar-refractivity contribution in [2.45, 2.75) is 0 Å². The molecule has 0 aromatic heterocycles. The van der Waals surface area contributed by atoms with Crippen LogP contribution in [0.15, 0.2) is 0 Å². The molecule has 0 bridgehead atoms. The van der Waals surface area contributed by atoms with Crippen LogP contribution in [0.5, 0.6) is 0 Å². The van der Waals surface area contributed by atoms with Crippen molar-refractivity contribution in [3.05, 3.63) is 0 Å². The molecule has 1 atom stereocenters. The van der Waals surface area contributed by atoms with E-state index in [1.807, 2.05) is 0 Å². The average Bonchev–Trinajstić information content (AvgIpc) is 0.918. The summed E-state index contributed by atoms with van der Waals surface area (Å²) in [7, 11) is 7.18. The number of hydrogen-bond acceptors (Lipinski definition) is 0. The van der Waals surface area contributed by atoms with Gasteiger partial charge in [0, 0.05) is 16.5 Å². The molecule has 0 amide bonds. The van der Waals surface area contributed by atoms with Gasteiger partial charge in [0.25, 0.3) is 0 Å². The zero-order valence-corrected chi connectivity index (χ0v) is 7.41. The predicted molar refractivity (Wildman–Crippen MR) is 24.9 cm³/mol. The molecule has 0 aromatic rings. The van der Waals surface area contributed by atoms with E-state index in [0.29, 0.717) is 0 Å². The van der Waals surface area contributed by atoms with E-state index in [4.69, 9.17) is 0 Å². The summed E-state index contributed by atoms with van der Waals surface area (Å²) < 4.78 is 0. The fraction of sp³-hybridized carbons (Fsp3) is 0.